The number of esters is 1. The van der Waals surface area contributed by atoms with Crippen LogP contribution in [0.4, 0.5) is 11.4 Å². The monoisotopic (exact) mass is 374 g/mol. The van der Waals surface area contributed by atoms with Crippen molar-refractivity contribution in [3.8, 4) is 0 Å². The van der Waals surface area contributed by atoms with Crippen LogP contribution in [0.1, 0.15) is 22.8 Å². The van der Waals surface area contributed by atoms with Gasteiger partial charge in [0.25, 0.3) is 11.6 Å². The van der Waals surface area contributed by atoms with Crippen LogP contribution in [0, 0.1) is 10.1 Å². The van der Waals surface area contributed by atoms with Gasteiger partial charge in [0.1, 0.15) is 5.56 Å². The molecule has 26 heavy (non-hydrogen) atoms. The Morgan fingerprint density at radius 1 is 1.31 bits per heavy atom. The molecule has 2 aromatic carbocycles. The summed E-state index contributed by atoms with van der Waals surface area (Å²) in [4.78, 5) is 36.7. The molecule has 1 aliphatic rings. The summed E-state index contributed by atoms with van der Waals surface area (Å²) in [5.41, 5.74) is 1.12. The molecule has 3 rings (SSSR count). The van der Waals surface area contributed by atoms with Crippen LogP contribution in [0.2, 0.25) is 5.02 Å². The molecule has 8 heteroatoms. The number of nitrogens with zero attached hydrogens (tertiary/aromatic N) is 2. The zero-order chi connectivity index (χ0) is 18.8. The summed E-state index contributed by atoms with van der Waals surface area (Å²) < 4.78 is 5.02. The van der Waals surface area contributed by atoms with E-state index in [0.29, 0.717) is 0 Å². The first kappa shape index (κ1) is 17.9. The highest BCUT2D eigenvalue weighted by atomic mass is 35.5. The summed E-state index contributed by atoms with van der Waals surface area (Å²) in [5.74, 6) is -1.35. The van der Waals surface area contributed by atoms with E-state index in [1.165, 1.54) is 6.07 Å². The van der Waals surface area contributed by atoms with Gasteiger partial charge in [-0.15, -0.1) is 0 Å². The number of carbonyl (C=O) groups is 2. The van der Waals surface area contributed by atoms with Crippen LogP contribution in [0.15, 0.2) is 42.5 Å². The van der Waals surface area contributed by atoms with Gasteiger partial charge in [0.2, 0.25) is 0 Å². The number of amides is 1. The Morgan fingerprint density at radius 3 is 2.77 bits per heavy atom. The fraction of sp³-hybridized carbons (Fsp3) is 0.222. The SMILES string of the molecule is C[C@H]1Cc2ccccc2N1C(=O)COC(=O)c1cc(Cl)ccc1[N+](=O)[O-]. The van der Waals surface area contributed by atoms with Crippen LogP contribution in [0.3, 0.4) is 0 Å². The summed E-state index contributed by atoms with van der Waals surface area (Å²) >= 11 is 5.80. The standard InChI is InChI=1S/C18H15ClN2O5/c1-11-8-12-4-2-3-5-15(12)20(11)17(22)10-26-18(23)14-9-13(19)6-7-16(14)21(24)25/h2-7,9,11H,8,10H2,1H3/t11-/m0/s1. The van der Waals surface area contributed by atoms with Gasteiger partial charge in [-0.1, -0.05) is 29.8 Å². The normalized spacial score (nSPS) is 15.5. The number of hydrogen-bond acceptors (Lipinski definition) is 5. The Hall–Kier alpha value is -2.93. The molecule has 0 bridgehead atoms. The highest BCUT2D eigenvalue weighted by Gasteiger charge is 2.31. The molecule has 0 aromatic heterocycles. The second-order valence-corrected chi connectivity index (χ2v) is 6.38. The molecule has 0 spiro atoms. The third kappa shape index (κ3) is 3.39. The maximum absolute atomic E-state index is 12.5. The van der Waals surface area contributed by atoms with Crippen molar-refractivity contribution in [2.75, 3.05) is 11.5 Å². The molecule has 0 unspecified atom stereocenters. The molecule has 7 nitrogen and oxygen atoms in total. The van der Waals surface area contributed by atoms with Gasteiger partial charge >= 0.3 is 5.97 Å². The second-order valence-electron chi connectivity index (χ2n) is 5.94. The van der Waals surface area contributed by atoms with E-state index in [0.717, 1.165) is 29.8 Å². The van der Waals surface area contributed by atoms with Crippen molar-refractivity contribution in [2.24, 2.45) is 0 Å². The lowest BCUT2D eigenvalue weighted by Gasteiger charge is -2.22. The molecule has 0 saturated carbocycles. The van der Waals surface area contributed by atoms with E-state index < -0.39 is 23.2 Å². The predicted molar refractivity (Wildman–Crippen MR) is 95.5 cm³/mol. The average Bonchev–Trinajstić information content (AvgIpc) is 2.94. The number of carbonyl (C=O) groups excluding carboxylic acids is 2. The molecule has 1 aliphatic heterocycles. The van der Waals surface area contributed by atoms with Crippen molar-refractivity contribution >= 4 is 34.9 Å². The fourth-order valence-electron chi connectivity index (χ4n) is 3.05. The predicted octanol–water partition coefficient (Wildman–Crippen LogP) is 3.38. The molecule has 1 atom stereocenters. The molecule has 0 aliphatic carbocycles. The fourth-order valence-corrected chi connectivity index (χ4v) is 3.22. The topological polar surface area (TPSA) is 89.8 Å². The van der Waals surface area contributed by atoms with E-state index in [4.69, 9.17) is 16.3 Å². The number of nitro benzene ring substituents is 1. The summed E-state index contributed by atoms with van der Waals surface area (Å²) in [7, 11) is 0. The largest absolute Gasteiger partial charge is 0.452 e. The molecular formula is C18H15ClN2O5. The Morgan fingerprint density at radius 2 is 2.04 bits per heavy atom. The van der Waals surface area contributed by atoms with Crippen LogP contribution < -0.4 is 4.90 Å². The van der Waals surface area contributed by atoms with Crippen LogP contribution in [-0.2, 0) is 16.0 Å². The van der Waals surface area contributed by atoms with Crippen molar-refractivity contribution < 1.29 is 19.2 Å². The van der Waals surface area contributed by atoms with Gasteiger partial charge in [-0.3, -0.25) is 14.9 Å². The van der Waals surface area contributed by atoms with E-state index in [1.807, 2.05) is 31.2 Å². The van der Waals surface area contributed by atoms with E-state index >= 15 is 0 Å². The first-order chi connectivity index (χ1) is 12.4. The third-order valence-corrected chi connectivity index (χ3v) is 4.41. The lowest BCUT2D eigenvalue weighted by molar-refractivity contribution is -0.385. The number of nitro groups is 1. The number of hydrogen-bond donors (Lipinski definition) is 0. The zero-order valence-corrected chi connectivity index (χ0v) is 14.6. The minimum atomic E-state index is -0.965. The first-order valence-electron chi connectivity index (χ1n) is 7.89. The molecule has 1 amide bonds. The number of anilines is 1. The average molecular weight is 375 g/mol. The number of halogens is 1. The maximum atomic E-state index is 12.5. The van der Waals surface area contributed by atoms with Gasteiger partial charge in [0.05, 0.1) is 4.92 Å². The lowest BCUT2D eigenvalue weighted by atomic mass is 10.1. The van der Waals surface area contributed by atoms with E-state index in [1.54, 1.807) is 4.90 Å². The number of para-hydroxylation sites is 1. The van der Waals surface area contributed by atoms with Crippen molar-refractivity contribution in [1.82, 2.24) is 0 Å². The highest BCUT2D eigenvalue weighted by molar-refractivity contribution is 6.31. The minimum absolute atomic E-state index is 0.0564. The van der Waals surface area contributed by atoms with Crippen LogP contribution in [-0.4, -0.2) is 29.4 Å². The van der Waals surface area contributed by atoms with Gasteiger partial charge in [-0.05, 0) is 37.1 Å². The molecule has 0 saturated heterocycles. The van der Waals surface area contributed by atoms with E-state index in [-0.39, 0.29) is 22.5 Å². The molecule has 0 radical (unpaired) electrons. The number of rotatable bonds is 4. The van der Waals surface area contributed by atoms with Crippen molar-refractivity contribution in [3.63, 3.8) is 0 Å². The number of fused-ring (bicyclic) bond motifs is 1. The van der Waals surface area contributed by atoms with Crippen molar-refractivity contribution in [3.05, 3.63) is 68.7 Å². The zero-order valence-electron chi connectivity index (χ0n) is 13.8. The van der Waals surface area contributed by atoms with Gasteiger partial charge in [-0.25, -0.2) is 4.79 Å². The summed E-state index contributed by atoms with van der Waals surface area (Å²) in [6.45, 7) is 1.39. The van der Waals surface area contributed by atoms with Gasteiger partial charge in [0.15, 0.2) is 6.61 Å². The van der Waals surface area contributed by atoms with Crippen LogP contribution >= 0.6 is 11.6 Å². The molecule has 2 aromatic rings. The van der Waals surface area contributed by atoms with Gasteiger partial charge < -0.3 is 9.64 Å². The summed E-state index contributed by atoms with van der Waals surface area (Å²) in [6.07, 6.45) is 0.718. The Balaban J connectivity index is 1.74. The first-order valence-corrected chi connectivity index (χ1v) is 8.27. The highest BCUT2D eigenvalue weighted by Crippen LogP contribution is 2.32. The quantitative estimate of drug-likeness (QED) is 0.465. The smallest absolute Gasteiger partial charge is 0.345 e. The number of benzene rings is 2. The van der Waals surface area contributed by atoms with E-state index in [2.05, 4.69) is 0 Å². The van der Waals surface area contributed by atoms with Crippen molar-refractivity contribution in [2.45, 2.75) is 19.4 Å². The van der Waals surface area contributed by atoms with Crippen LogP contribution in [0.5, 0.6) is 0 Å². The molecular weight excluding hydrogens is 360 g/mol. The lowest BCUT2D eigenvalue weighted by Crippen LogP contribution is -2.38. The minimum Gasteiger partial charge on any atom is -0.452 e. The second kappa shape index (κ2) is 7.13. The Kier molecular flexibility index (Phi) is 4.90. The van der Waals surface area contributed by atoms with Crippen LogP contribution in [0.25, 0.3) is 0 Å². The van der Waals surface area contributed by atoms with Crippen molar-refractivity contribution in [1.29, 1.82) is 0 Å². The molecule has 0 N–H and O–H groups in total. The molecule has 134 valence electrons. The maximum Gasteiger partial charge on any atom is 0.345 e. The van der Waals surface area contributed by atoms with Gasteiger partial charge in [-0.2, -0.15) is 0 Å². The third-order valence-electron chi connectivity index (χ3n) is 4.18. The summed E-state index contributed by atoms with van der Waals surface area (Å²) in [5, 5.41) is 11.2. The Labute approximate surface area is 154 Å². The van der Waals surface area contributed by atoms with E-state index in [9.17, 15) is 19.7 Å². The summed E-state index contributed by atoms with van der Waals surface area (Å²) in [6, 6.07) is 11.0. The van der Waals surface area contributed by atoms with Gasteiger partial charge in [0, 0.05) is 22.8 Å². The number of ether oxygens (including phenoxy) is 1. The Bertz CT molecular complexity index is 899. The molecule has 1 heterocycles. The molecule has 0 fully saturated rings.